The van der Waals surface area contributed by atoms with Crippen LogP contribution < -0.4 is 14.8 Å². The summed E-state index contributed by atoms with van der Waals surface area (Å²) in [6.45, 7) is 0.191. The van der Waals surface area contributed by atoms with Crippen molar-refractivity contribution in [2.24, 2.45) is 0 Å². The summed E-state index contributed by atoms with van der Waals surface area (Å²) in [5.41, 5.74) is 2.06. The molecule has 2 heterocycles. The van der Waals surface area contributed by atoms with E-state index in [1.807, 2.05) is 18.2 Å². The number of hydrogen-bond acceptors (Lipinski definition) is 5. The minimum Gasteiger partial charge on any atom is -0.485 e. The molecule has 0 bridgehead atoms. The van der Waals surface area contributed by atoms with Gasteiger partial charge in [-0.2, -0.15) is 0 Å². The number of fused-ring (bicyclic) bond motifs is 2. The molecule has 4 rings (SSSR count). The van der Waals surface area contributed by atoms with Gasteiger partial charge in [0.1, 0.15) is 18.8 Å². The lowest BCUT2D eigenvalue weighted by Gasteiger charge is -2.25. The van der Waals surface area contributed by atoms with E-state index in [9.17, 15) is 4.79 Å². The van der Waals surface area contributed by atoms with E-state index in [1.54, 1.807) is 6.07 Å². The molecule has 1 N–H and O–H groups in total. The third kappa shape index (κ3) is 2.26. The Balaban J connectivity index is 1.51. The first-order valence-corrected chi connectivity index (χ1v) is 7.33. The molecule has 112 valence electrons. The Morgan fingerprint density at radius 1 is 1.18 bits per heavy atom. The fraction of sp³-hybridized carbons (Fsp3) is 0.312. The van der Waals surface area contributed by atoms with Crippen molar-refractivity contribution in [2.75, 3.05) is 11.9 Å². The number of anilines is 1. The Morgan fingerprint density at radius 2 is 2.05 bits per heavy atom. The van der Waals surface area contributed by atoms with Crippen molar-refractivity contribution in [2.45, 2.75) is 25.4 Å². The molecule has 0 saturated carbocycles. The van der Waals surface area contributed by atoms with Crippen LogP contribution in [0.25, 0.3) is 0 Å². The third-order valence-corrected chi connectivity index (χ3v) is 3.92. The molecule has 6 heteroatoms. The molecule has 1 aromatic heterocycles. The van der Waals surface area contributed by atoms with Gasteiger partial charge in [0.25, 0.3) is 5.91 Å². The lowest BCUT2D eigenvalue weighted by atomic mass is 10.2. The lowest BCUT2D eigenvalue weighted by molar-refractivity contribution is -0.125. The summed E-state index contributed by atoms with van der Waals surface area (Å²) in [6.07, 6.45) is 3.70. The van der Waals surface area contributed by atoms with Gasteiger partial charge in [0.05, 0.1) is 0 Å². The summed E-state index contributed by atoms with van der Waals surface area (Å²) >= 11 is 0. The van der Waals surface area contributed by atoms with Crippen molar-refractivity contribution in [3.8, 4) is 11.5 Å². The van der Waals surface area contributed by atoms with E-state index >= 15 is 0 Å². The first-order valence-electron chi connectivity index (χ1n) is 7.33. The molecule has 1 atom stereocenters. The van der Waals surface area contributed by atoms with Gasteiger partial charge >= 0.3 is 0 Å². The number of rotatable bonds is 2. The molecule has 0 radical (unpaired) electrons. The SMILES string of the molecule is O=C(Nc1ncnc2c1CCC2)[C@H]1COc2ccccc2O1. The second-order valence-corrected chi connectivity index (χ2v) is 5.35. The number of para-hydroxylation sites is 2. The van der Waals surface area contributed by atoms with Crippen molar-refractivity contribution >= 4 is 11.7 Å². The highest BCUT2D eigenvalue weighted by atomic mass is 16.6. The predicted octanol–water partition coefficient (Wildman–Crippen LogP) is 1.74. The van der Waals surface area contributed by atoms with Crippen LogP contribution in [-0.4, -0.2) is 28.6 Å². The smallest absolute Gasteiger partial charge is 0.270 e. The first kappa shape index (κ1) is 13.1. The number of hydrogen-bond donors (Lipinski definition) is 1. The molecule has 1 aromatic carbocycles. The van der Waals surface area contributed by atoms with Crippen molar-refractivity contribution in [1.82, 2.24) is 9.97 Å². The highest BCUT2D eigenvalue weighted by molar-refractivity contribution is 5.94. The monoisotopic (exact) mass is 297 g/mol. The maximum atomic E-state index is 12.4. The minimum absolute atomic E-state index is 0.191. The summed E-state index contributed by atoms with van der Waals surface area (Å²) in [7, 11) is 0. The molecule has 1 aliphatic carbocycles. The van der Waals surface area contributed by atoms with Gasteiger partial charge in [-0.1, -0.05) is 12.1 Å². The molecule has 0 saturated heterocycles. The van der Waals surface area contributed by atoms with E-state index in [1.165, 1.54) is 6.33 Å². The largest absolute Gasteiger partial charge is 0.485 e. The average molecular weight is 297 g/mol. The lowest BCUT2D eigenvalue weighted by Crippen LogP contribution is -2.40. The van der Waals surface area contributed by atoms with Crippen LogP contribution >= 0.6 is 0 Å². The molecular weight excluding hydrogens is 282 g/mol. The summed E-state index contributed by atoms with van der Waals surface area (Å²) in [5, 5.41) is 2.85. The van der Waals surface area contributed by atoms with Crippen LogP contribution in [0.5, 0.6) is 11.5 Å². The van der Waals surface area contributed by atoms with Crippen LogP contribution in [-0.2, 0) is 17.6 Å². The van der Waals surface area contributed by atoms with Crippen LogP contribution in [0.2, 0.25) is 0 Å². The highest BCUT2D eigenvalue weighted by Gasteiger charge is 2.28. The maximum absolute atomic E-state index is 12.4. The van der Waals surface area contributed by atoms with Crippen LogP contribution in [0, 0.1) is 0 Å². The number of ether oxygens (including phenoxy) is 2. The molecule has 0 spiro atoms. The van der Waals surface area contributed by atoms with E-state index in [0.29, 0.717) is 17.3 Å². The molecule has 2 aromatic rings. The molecule has 1 amide bonds. The second kappa shape index (κ2) is 5.29. The van der Waals surface area contributed by atoms with E-state index in [-0.39, 0.29) is 12.5 Å². The summed E-state index contributed by atoms with van der Waals surface area (Å²) in [4.78, 5) is 20.8. The maximum Gasteiger partial charge on any atom is 0.270 e. The molecule has 2 aliphatic rings. The Morgan fingerprint density at radius 3 is 2.95 bits per heavy atom. The average Bonchev–Trinajstić information content (AvgIpc) is 3.04. The molecule has 6 nitrogen and oxygen atoms in total. The number of benzene rings is 1. The normalized spacial score (nSPS) is 18.6. The van der Waals surface area contributed by atoms with E-state index in [2.05, 4.69) is 15.3 Å². The number of aryl methyl sites for hydroxylation is 1. The van der Waals surface area contributed by atoms with Crippen molar-refractivity contribution in [3.05, 3.63) is 41.9 Å². The highest BCUT2D eigenvalue weighted by Crippen LogP contribution is 2.31. The van der Waals surface area contributed by atoms with Crippen LogP contribution in [0.15, 0.2) is 30.6 Å². The zero-order valence-corrected chi connectivity index (χ0v) is 11.9. The Hall–Kier alpha value is -2.63. The summed E-state index contributed by atoms with van der Waals surface area (Å²) in [6, 6.07) is 7.32. The quantitative estimate of drug-likeness (QED) is 0.914. The summed E-state index contributed by atoms with van der Waals surface area (Å²) < 4.78 is 11.3. The molecule has 0 fully saturated rings. The number of carbonyl (C=O) groups excluding carboxylic acids is 1. The Bertz CT molecular complexity index is 732. The first-order chi connectivity index (χ1) is 10.8. The third-order valence-electron chi connectivity index (χ3n) is 3.92. The Kier molecular flexibility index (Phi) is 3.14. The van der Waals surface area contributed by atoms with Gasteiger partial charge in [-0.05, 0) is 31.4 Å². The van der Waals surface area contributed by atoms with Crippen LogP contribution in [0.3, 0.4) is 0 Å². The zero-order chi connectivity index (χ0) is 14.9. The second-order valence-electron chi connectivity index (χ2n) is 5.35. The van der Waals surface area contributed by atoms with Gasteiger partial charge in [0.2, 0.25) is 6.10 Å². The standard InChI is InChI=1S/C16H15N3O3/c20-16(14-8-21-12-6-1-2-7-13(12)22-14)19-15-10-4-3-5-11(10)17-9-18-15/h1-2,6-7,9,14H,3-5,8H2,(H,17,18,19,20)/t14-/m1/s1. The van der Waals surface area contributed by atoms with E-state index in [0.717, 1.165) is 30.5 Å². The van der Waals surface area contributed by atoms with Gasteiger partial charge in [-0.25, -0.2) is 9.97 Å². The van der Waals surface area contributed by atoms with Gasteiger partial charge < -0.3 is 14.8 Å². The number of nitrogens with one attached hydrogen (secondary N) is 1. The molecular formula is C16H15N3O3. The topological polar surface area (TPSA) is 73.3 Å². The molecule has 22 heavy (non-hydrogen) atoms. The van der Waals surface area contributed by atoms with Crippen molar-refractivity contribution in [3.63, 3.8) is 0 Å². The van der Waals surface area contributed by atoms with Gasteiger partial charge in [0, 0.05) is 11.3 Å². The Labute approximate surface area is 127 Å². The van der Waals surface area contributed by atoms with Gasteiger partial charge in [-0.3, -0.25) is 4.79 Å². The molecule has 0 unspecified atom stereocenters. The van der Waals surface area contributed by atoms with Crippen LogP contribution in [0.4, 0.5) is 5.82 Å². The number of amides is 1. The molecule has 1 aliphatic heterocycles. The number of carbonyl (C=O) groups is 1. The van der Waals surface area contributed by atoms with Crippen LogP contribution in [0.1, 0.15) is 17.7 Å². The fourth-order valence-electron chi connectivity index (χ4n) is 2.81. The zero-order valence-electron chi connectivity index (χ0n) is 11.9. The van der Waals surface area contributed by atoms with E-state index in [4.69, 9.17) is 9.47 Å². The van der Waals surface area contributed by atoms with E-state index < -0.39 is 6.10 Å². The van der Waals surface area contributed by atoms with Crippen molar-refractivity contribution < 1.29 is 14.3 Å². The minimum atomic E-state index is -0.679. The number of aromatic nitrogens is 2. The summed E-state index contributed by atoms with van der Waals surface area (Å²) in [5.74, 6) is 1.59. The van der Waals surface area contributed by atoms with Gasteiger partial charge in [0.15, 0.2) is 11.5 Å². The van der Waals surface area contributed by atoms with Crippen molar-refractivity contribution in [1.29, 1.82) is 0 Å². The predicted molar refractivity (Wildman–Crippen MR) is 79.0 cm³/mol. The van der Waals surface area contributed by atoms with Gasteiger partial charge in [-0.15, -0.1) is 0 Å². The fourth-order valence-corrected chi connectivity index (χ4v) is 2.81. The number of nitrogens with zero attached hydrogens (tertiary/aromatic N) is 2.